The van der Waals surface area contributed by atoms with Crippen LogP contribution in [0.5, 0.6) is 0 Å². The van der Waals surface area contributed by atoms with Gasteiger partial charge in [-0.2, -0.15) is 0 Å². The fourth-order valence-electron chi connectivity index (χ4n) is 3.56. The Bertz CT molecular complexity index is 954. The maximum absolute atomic E-state index is 12.9. The molecule has 0 bridgehead atoms. The summed E-state index contributed by atoms with van der Waals surface area (Å²) in [6, 6.07) is 13.9. The molecular weight excluding hydrogens is 386 g/mol. The number of carbonyl (C=O) groups excluding carboxylic acids is 1. The second-order valence-corrected chi connectivity index (χ2v) is 9.81. The van der Waals surface area contributed by atoms with Crippen LogP contribution in [-0.2, 0) is 10.0 Å². The van der Waals surface area contributed by atoms with Crippen LogP contribution in [0.15, 0.2) is 53.4 Å². The predicted molar refractivity (Wildman–Crippen MR) is 116 cm³/mol. The lowest BCUT2D eigenvalue weighted by molar-refractivity contribution is 0.0635. The van der Waals surface area contributed by atoms with E-state index in [-0.39, 0.29) is 10.8 Å². The SMILES string of the molecule is Cc1ccc(S(=O)(=O)N(C)c2ccc(C(=O)N3CCCC(N(C)C)C3)cc2)cc1. The normalized spacial score (nSPS) is 17.4. The molecule has 1 heterocycles. The Labute approximate surface area is 173 Å². The van der Waals surface area contributed by atoms with Gasteiger partial charge in [0.2, 0.25) is 0 Å². The van der Waals surface area contributed by atoms with Crippen LogP contribution in [0.3, 0.4) is 0 Å². The molecule has 2 aromatic rings. The summed E-state index contributed by atoms with van der Waals surface area (Å²) in [6.07, 6.45) is 2.08. The molecule has 7 heteroatoms. The molecule has 1 saturated heterocycles. The molecule has 156 valence electrons. The maximum atomic E-state index is 12.9. The first kappa shape index (κ1) is 21.3. The molecule has 0 radical (unpaired) electrons. The van der Waals surface area contributed by atoms with Crippen LogP contribution in [0.4, 0.5) is 5.69 Å². The third kappa shape index (κ3) is 4.62. The minimum atomic E-state index is -3.65. The van der Waals surface area contributed by atoms with Crippen LogP contribution in [0.1, 0.15) is 28.8 Å². The molecule has 29 heavy (non-hydrogen) atoms. The molecule has 1 aliphatic rings. The molecule has 6 nitrogen and oxygen atoms in total. The first-order valence-corrected chi connectivity index (χ1v) is 11.3. The van der Waals surface area contributed by atoms with Gasteiger partial charge in [0.15, 0.2) is 0 Å². The van der Waals surface area contributed by atoms with Gasteiger partial charge in [-0.3, -0.25) is 9.10 Å². The number of likely N-dealkylation sites (N-methyl/N-ethyl adjacent to an activating group) is 1. The zero-order valence-corrected chi connectivity index (χ0v) is 18.3. The predicted octanol–water partition coefficient (Wildman–Crippen LogP) is 2.99. The summed E-state index contributed by atoms with van der Waals surface area (Å²) in [5, 5.41) is 0. The molecular formula is C22H29N3O3S. The summed E-state index contributed by atoms with van der Waals surface area (Å²) in [5.41, 5.74) is 2.10. The second kappa shape index (κ2) is 8.55. The van der Waals surface area contributed by atoms with Crippen molar-refractivity contribution in [3.8, 4) is 0 Å². The Kier molecular flexibility index (Phi) is 6.29. The number of hydrogen-bond acceptors (Lipinski definition) is 4. The van der Waals surface area contributed by atoms with Gasteiger partial charge in [-0.25, -0.2) is 8.42 Å². The summed E-state index contributed by atoms with van der Waals surface area (Å²) in [7, 11) is 1.96. The Balaban J connectivity index is 1.75. The molecule has 0 aromatic heterocycles. The molecule has 0 aliphatic carbocycles. The highest BCUT2D eigenvalue weighted by Crippen LogP contribution is 2.24. The van der Waals surface area contributed by atoms with E-state index in [1.165, 1.54) is 11.4 Å². The van der Waals surface area contributed by atoms with E-state index in [0.717, 1.165) is 31.5 Å². The first-order valence-electron chi connectivity index (χ1n) is 9.81. The highest BCUT2D eigenvalue weighted by Gasteiger charge is 2.26. The number of sulfonamides is 1. The number of aryl methyl sites for hydroxylation is 1. The molecule has 0 N–H and O–H groups in total. The molecule has 1 fully saturated rings. The third-order valence-corrected chi connectivity index (χ3v) is 7.37. The van der Waals surface area contributed by atoms with Crippen LogP contribution in [0, 0.1) is 6.92 Å². The Morgan fingerprint density at radius 1 is 1.00 bits per heavy atom. The lowest BCUT2D eigenvalue weighted by atomic mass is 10.0. The highest BCUT2D eigenvalue weighted by molar-refractivity contribution is 7.92. The zero-order chi connectivity index (χ0) is 21.2. The largest absolute Gasteiger partial charge is 0.337 e. The van der Waals surface area contributed by atoms with Gasteiger partial charge in [0, 0.05) is 31.7 Å². The maximum Gasteiger partial charge on any atom is 0.264 e. The zero-order valence-electron chi connectivity index (χ0n) is 17.5. The van der Waals surface area contributed by atoms with Crippen molar-refractivity contribution in [2.75, 3.05) is 38.5 Å². The number of benzene rings is 2. The summed E-state index contributed by atoms with van der Waals surface area (Å²) >= 11 is 0. The molecule has 0 spiro atoms. The van der Waals surface area contributed by atoms with E-state index in [9.17, 15) is 13.2 Å². The number of likely N-dealkylation sites (tertiary alicyclic amines) is 1. The van der Waals surface area contributed by atoms with E-state index < -0.39 is 10.0 Å². The van der Waals surface area contributed by atoms with Gasteiger partial charge in [-0.1, -0.05) is 17.7 Å². The summed E-state index contributed by atoms with van der Waals surface area (Å²) in [5.74, 6) is -0.00727. The number of piperidine rings is 1. The number of anilines is 1. The van der Waals surface area contributed by atoms with Crippen LogP contribution < -0.4 is 4.31 Å². The minimum Gasteiger partial charge on any atom is -0.337 e. The second-order valence-electron chi connectivity index (χ2n) is 7.84. The lowest BCUT2D eigenvalue weighted by Crippen LogP contribution is -2.47. The van der Waals surface area contributed by atoms with E-state index >= 15 is 0 Å². The number of carbonyl (C=O) groups is 1. The van der Waals surface area contributed by atoms with E-state index in [0.29, 0.717) is 17.3 Å². The molecule has 1 unspecified atom stereocenters. The smallest absolute Gasteiger partial charge is 0.264 e. The van der Waals surface area contributed by atoms with Crippen molar-refractivity contribution in [2.45, 2.75) is 30.7 Å². The van der Waals surface area contributed by atoms with Crippen LogP contribution in [0.25, 0.3) is 0 Å². The van der Waals surface area contributed by atoms with Crippen molar-refractivity contribution in [1.29, 1.82) is 0 Å². The van der Waals surface area contributed by atoms with Crippen molar-refractivity contribution >= 4 is 21.6 Å². The molecule has 1 amide bonds. The fourth-order valence-corrected chi connectivity index (χ4v) is 4.76. The van der Waals surface area contributed by atoms with E-state index in [1.807, 2.05) is 25.9 Å². The number of rotatable bonds is 5. The number of nitrogens with zero attached hydrogens (tertiary/aromatic N) is 3. The van der Waals surface area contributed by atoms with Crippen LogP contribution in [-0.4, -0.2) is 64.4 Å². The molecule has 1 atom stereocenters. The topological polar surface area (TPSA) is 60.9 Å². The van der Waals surface area contributed by atoms with Crippen molar-refractivity contribution in [2.24, 2.45) is 0 Å². The Morgan fingerprint density at radius 2 is 1.62 bits per heavy atom. The molecule has 2 aromatic carbocycles. The minimum absolute atomic E-state index is 0.00727. The van der Waals surface area contributed by atoms with Crippen molar-refractivity contribution in [3.05, 3.63) is 59.7 Å². The number of hydrogen-bond donors (Lipinski definition) is 0. The van der Waals surface area contributed by atoms with Crippen molar-refractivity contribution in [1.82, 2.24) is 9.80 Å². The van der Waals surface area contributed by atoms with E-state index in [4.69, 9.17) is 0 Å². The monoisotopic (exact) mass is 415 g/mol. The molecule has 1 aliphatic heterocycles. The number of amides is 1. The quantitative estimate of drug-likeness (QED) is 0.753. The van der Waals surface area contributed by atoms with Gasteiger partial charge in [-0.15, -0.1) is 0 Å². The first-order chi connectivity index (χ1) is 13.7. The van der Waals surface area contributed by atoms with Crippen molar-refractivity contribution < 1.29 is 13.2 Å². The Morgan fingerprint density at radius 3 is 2.21 bits per heavy atom. The van der Waals surface area contributed by atoms with Crippen LogP contribution in [0.2, 0.25) is 0 Å². The fraction of sp³-hybridized carbons (Fsp3) is 0.409. The van der Waals surface area contributed by atoms with Gasteiger partial charge in [0.25, 0.3) is 15.9 Å². The van der Waals surface area contributed by atoms with Gasteiger partial charge >= 0.3 is 0 Å². The van der Waals surface area contributed by atoms with E-state index in [1.54, 1.807) is 48.5 Å². The Hall–Kier alpha value is -2.38. The lowest BCUT2D eigenvalue weighted by Gasteiger charge is -2.36. The molecule has 3 rings (SSSR count). The van der Waals surface area contributed by atoms with E-state index in [2.05, 4.69) is 4.90 Å². The molecule has 0 saturated carbocycles. The summed E-state index contributed by atoms with van der Waals surface area (Å²) < 4.78 is 27.0. The standard InChI is InChI=1S/C22H29N3O3S/c1-17-7-13-21(14-8-17)29(27,28)24(4)19-11-9-18(10-12-19)22(26)25-15-5-6-20(16-25)23(2)3/h7-14,20H,5-6,15-16H2,1-4H3. The van der Waals surface area contributed by atoms with Crippen LogP contribution >= 0.6 is 0 Å². The van der Waals surface area contributed by atoms with Gasteiger partial charge in [-0.05, 0) is 70.3 Å². The average Bonchev–Trinajstić information content (AvgIpc) is 2.73. The summed E-state index contributed by atoms with van der Waals surface area (Å²) in [4.78, 5) is 17.2. The van der Waals surface area contributed by atoms with Gasteiger partial charge in [0.1, 0.15) is 0 Å². The van der Waals surface area contributed by atoms with Gasteiger partial charge < -0.3 is 9.80 Å². The average molecular weight is 416 g/mol. The van der Waals surface area contributed by atoms with Crippen molar-refractivity contribution in [3.63, 3.8) is 0 Å². The summed E-state index contributed by atoms with van der Waals surface area (Å²) in [6.45, 7) is 3.39. The highest BCUT2D eigenvalue weighted by atomic mass is 32.2. The third-order valence-electron chi connectivity index (χ3n) is 5.57. The van der Waals surface area contributed by atoms with Gasteiger partial charge in [0.05, 0.1) is 10.6 Å².